The van der Waals surface area contributed by atoms with Crippen LogP contribution in [0.1, 0.15) is 50.1 Å². The fourth-order valence-corrected chi connectivity index (χ4v) is 7.76. The zero-order valence-corrected chi connectivity index (χ0v) is 17.3. The van der Waals surface area contributed by atoms with Crippen molar-refractivity contribution in [2.24, 2.45) is 24.3 Å². The number of ether oxygens (including phenoxy) is 1. The van der Waals surface area contributed by atoms with Crippen molar-refractivity contribution < 1.29 is 13.2 Å². The van der Waals surface area contributed by atoms with E-state index >= 15 is 0 Å². The lowest BCUT2D eigenvalue weighted by Gasteiger charge is -2.54. The van der Waals surface area contributed by atoms with E-state index in [-0.39, 0.29) is 0 Å². The van der Waals surface area contributed by atoms with Crippen LogP contribution < -0.4 is 5.32 Å². The van der Waals surface area contributed by atoms with Gasteiger partial charge in [0, 0.05) is 49.6 Å². The van der Waals surface area contributed by atoms with Crippen molar-refractivity contribution in [2.75, 3.05) is 26.3 Å². The predicted octanol–water partition coefficient (Wildman–Crippen LogP) is 1.47. The van der Waals surface area contributed by atoms with Crippen LogP contribution in [0.5, 0.6) is 0 Å². The summed E-state index contributed by atoms with van der Waals surface area (Å²) in [7, 11) is -1.68. The monoisotopic (exact) mass is 406 g/mol. The van der Waals surface area contributed by atoms with Crippen LogP contribution in [0.25, 0.3) is 0 Å². The van der Waals surface area contributed by atoms with Gasteiger partial charge in [0.1, 0.15) is 0 Å². The standard InChI is InChI=1S/C20H30N4O3S/c1-23-19(6-18(22-23)13-2-3-13)28(25,26)24-9-14-4-16(5-15(14)10-24)21-17-7-20(8-17)11-27-12-20/h6,13-17,21H,2-5,7-12H2,1H3. The first kappa shape index (κ1) is 17.9. The third-order valence-corrected chi connectivity index (χ3v) is 9.71. The number of nitrogens with zero attached hydrogens (tertiary/aromatic N) is 3. The minimum atomic E-state index is -3.44. The highest BCUT2D eigenvalue weighted by Crippen LogP contribution is 2.48. The van der Waals surface area contributed by atoms with Gasteiger partial charge < -0.3 is 10.1 Å². The van der Waals surface area contributed by atoms with Crippen molar-refractivity contribution in [3.05, 3.63) is 11.8 Å². The van der Waals surface area contributed by atoms with Crippen LogP contribution in [0.4, 0.5) is 0 Å². The Labute approximate surface area is 166 Å². The van der Waals surface area contributed by atoms with Crippen molar-refractivity contribution in [3.63, 3.8) is 0 Å². The lowest BCUT2D eigenvalue weighted by atomic mass is 9.64. The van der Waals surface area contributed by atoms with Crippen LogP contribution >= 0.6 is 0 Å². The molecule has 0 radical (unpaired) electrons. The van der Waals surface area contributed by atoms with Gasteiger partial charge in [-0.25, -0.2) is 8.42 Å². The second-order valence-corrected chi connectivity index (χ2v) is 12.0. The number of fused-ring (bicyclic) bond motifs is 1. The summed E-state index contributed by atoms with van der Waals surface area (Å²) in [5.74, 6) is 1.45. The molecule has 8 heteroatoms. The molecule has 0 aromatic carbocycles. The Hall–Kier alpha value is -0.960. The summed E-state index contributed by atoms with van der Waals surface area (Å²) in [6.45, 7) is 3.23. The number of nitrogens with one attached hydrogen (secondary N) is 1. The minimum Gasteiger partial charge on any atom is -0.380 e. The molecule has 5 aliphatic rings. The summed E-state index contributed by atoms with van der Waals surface area (Å²) in [6, 6.07) is 3.01. The molecule has 2 unspecified atom stereocenters. The van der Waals surface area contributed by atoms with E-state index in [1.165, 1.54) is 12.8 Å². The average molecular weight is 407 g/mol. The molecule has 5 fully saturated rings. The van der Waals surface area contributed by atoms with Gasteiger partial charge in [-0.15, -0.1) is 0 Å². The molecule has 154 valence electrons. The first-order valence-corrected chi connectivity index (χ1v) is 12.2. The van der Waals surface area contributed by atoms with Gasteiger partial charge >= 0.3 is 0 Å². The Bertz CT molecular complexity index is 867. The lowest BCUT2D eigenvalue weighted by Crippen LogP contribution is -2.60. The van der Waals surface area contributed by atoms with E-state index in [0.717, 1.165) is 44.6 Å². The highest BCUT2D eigenvalue weighted by atomic mass is 32.2. The van der Waals surface area contributed by atoms with Crippen LogP contribution in [0.2, 0.25) is 0 Å². The third kappa shape index (κ3) is 2.79. The van der Waals surface area contributed by atoms with Crippen molar-refractivity contribution >= 4 is 10.0 Å². The number of hydrogen-bond donors (Lipinski definition) is 1. The van der Waals surface area contributed by atoms with E-state index in [4.69, 9.17) is 4.74 Å². The van der Waals surface area contributed by atoms with Crippen molar-refractivity contribution in [3.8, 4) is 0 Å². The zero-order valence-electron chi connectivity index (χ0n) is 16.5. The first-order chi connectivity index (χ1) is 13.4. The Morgan fingerprint density at radius 2 is 1.82 bits per heavy atom. The number of aromatic nitrogens is 2. The van der Waals surface area contributed by atoms with E-state index in [1.807, 2.05) is 6.07 Å². The highest BCUT2D eigenvalue weighted by Gasteiger charge is 2.51. The van der Waals surface area contributed by atoms with Crippen LogP contribution in [-0.2, 0) is 21.8 Å². The molecule has 1 aromatic heterocycles. The number of sulfonamides is 1. The molecule has 2 saturated heterocycles. The van der Waals surface area contributed by atoms with Gasteiger partial charge in [-0.3, -0.25) is 4.68 Å². The molecular formula is C20H30N4O3S. The SMILES string of the molecule is Cn1nc(C2CC2)cc1S(=O)(=O)N1CC2CC(NC3CC4(COC4)C3)CC2C1. The van der Waals surface area contributed by atoms with E-state index < -0.39 is 10.0 Å². The molecular weight excluding hydrogens is 376 g/mol. The normalized spacial score (nSPS) is 35.1. The number of aryl methyl sites for hydroxylation is 1. The van der Waals surface area contributed by atoms with Crippen LogP contribution in [0.3, 0.4) is 0 Å². The predicted molar refractivity (Wildman–Crippen MR) is 103 cm³/mol. The van der Waals surface area contributed by atoms with Gasteiger partial charge in [-0.05, 0) is 50.4 Å². The Balaban J connectivity index is 1.08. The van der Waals surface area contributed by atoms with E-state index in [2.05, 4.69) is 10.4 Å². The maximum Gasteiger partial charge on any atom is 0.260 e. The van der Waals surface area contributed by atoms with E-state index in [1.54, 1.807) is 16.0 Å². The van der Waals surface area contributed by atoms with Crippen LogP contribution in [0.15, 0.2) is 11.1 Å². The maximum atomic E-state index is 13.2. The fourth-order valence-electron chi connectivity index (χ4n) is 6.08. The molecule has 0 bridgehead atoms. The molecule has 7 nitrogen and oxygen atoms in total. The summed E-state index contributed by atoms with van der Waals surface area (Å²) in [6.07, 6.45) is 6.99. The highest BCUT2D eigenvalue weighted by molar-refractivity contribution is 7.89. The summed E-state index contributed by atoms with van der Waals surface area (Å²) in [4.78, 5) is 0. The second kappa shape index (κ2) is 6.03. The molecule has 0 amide bonds. The van der Waals surface area contributed by atoms with Crippen molar-refractivity contribution in [2.45, 2.75) is 61.6 Å². The molecule has 6 rings (SSSR count). The molecule has 2 aliphatic heterocycles. The summed E-state index contributed by atoms with van der Waals surface area (Å²) in [5.41, 5.74) is 1.44. The van der Waals surface area contributed by atoms with Gasteiger partial charge in [-0.2, -0.15) is 9.40 Å². The molecule has 28 heavy (non-hydrogen) atoms. The van der Waals surface area contributed by atoms with E-state index in [0.29, 0.717) is 53.4 Å². The summed E-state index contributed by atoms with van der Waals surface area (Å²) < 4.78 is 35.1. The van der Waals surface area contributed by atoms with Crippen LogP contribution in [-0.4, -0.2) is 60.9 Å². The molecule has 1 spiro atoms. The van der Waals surface area contributed by atoms with Gasteiger partial charge in [0.05, 0.1) is 18.9 Å². The largest absolute Gasteiger partial charge is 0.380 e. The summed E-state index contributed by atoms with van der Waals surface area (Å²) >= 11 is 0. The van der Waals surface area contributed by atoms with Crippen LogP contribution in [0, 0.1) is 17.3 Å². The van der Waals surface area contributed by atoms with Gasteiger partial charge in [0.15, 0.2) is 5.03 Å². The summed E-state index contributed by atoms with van der Waals surface area (Å²) in [5, 5.41) is 8.67. The lowest BCUT2D eigenvalue weighted by molar-refractivity contribution is -0.168. The minimum absolute atomic E-state index is 0.367. The second-order valence-electron chi connectivity index (χ2n) is 10.1. The van der Waals surface area contributed by atoms with Gasteiger partial charge in [0.25, 0.3) is 10.0 Å². The van der Waals surface area contributed by atoms with Gasteiger partial charge in [0.2, 0.25) is 0 Å². The van der Waals surface area contributed by atoms with Crippen molar-refractivity contribution in [1.82, 2.24) is 19.4 Å². The number of rotatable bonds is 5. The fraction of sp³-hybridized carbons (Fsp3) is 0.850. The quantitative estimate of drug-likeness (QED) is 0.801. The van der Waals surface area contributed by atoms with E-state index in [9.17, 15) is 8.42 Å². The molecule has 3 heterocycles. The average Bonchev–Trinajstić information content (AvgIpc) is 3.05. The maximum absolute atomic E-state index is 13.2. The smallest absolute Gasteiger partial charge is 0.260 e. The molecule has 1 aromatic rings. The topological polar surface area (TPSA) is 76.5 Å². The first-order valence-electron chi connectivity index (χ1n) is 10.8. The molecule has 3 aliphatic carbocycles. The zero-order chi connectivity index (χ0) is 19.1. The Kier molecular flexibility index (Phi) is 3.85. The molecule has 1 N–H and O–H groups in total. The Morgan fingerprint density at radius 3 is 2.39 bits per heavy atom. The molecule has 3 saturated carbocycles. The third-order valence-electron chi connectivity index (χ3n) is 7.82. The number of hydrogen-bond acceptors (Lipinski definition) is 5. The Morgan fingerprint density at radius 1 is 1.14 bits per heavy atom. The molecule has 2 atom stereocenters. The van der Waals surface area contributed by atoms with Gasteiger partial charge in [-0.1, -0.05) is 0 Å². The van der Waals surface area contributed by atoms with Crippen molar-refractivity contribution in [1.29, 1.82) is 0 Å².